The number of hydrogen-bond acceptors (Lipinski definition) is 5. The van der Waals surface area contributed by atoms with E-state index in [1.54, 1.807) is 24.8 Å². The molecule has 1 aromatic heterocycles. The molecule has 3 rings (SSSR count). The molecule has 1 saturated heterocycles. The van der Waals surface area contributed by atoms with Gasteiger partial charge in [-0.25, -0.2) is 4.98 Å². The third-order valence-electron chi connectivity index (χ3n) is 3.73. The summed E-state index contributed by atoms with van der Waals surface area (Å²) in [5.41, 5.74) is 1.03. The van der Waals surface area contributed by atoms with E-state index in [0.29, 0.717) is 17.1 Å². The van der Waals surface area contributed by atoms with Crippen LogP contribution in [0.4, 0.5) is 0 Å². The van der Waals surface area contributed by atoms with E-state index in [-0.39, 0.29) is 13.0 Å². The minimum absolute atomic E-state index is 0.254. The number of alkyl halides is 3. The van der Waals surface area contributed by atoms with Gasteiger partial charge in [0.25, 0.3) is 0 Å². The number of halogens is 3. The first kappa shape index (κ1) is 17.1. The lowest BCUT2D eigenvalue weighted by Crippen LogP contribution is -2.35. The van der Waals surface area contributed by atoms with Crippen molar-refractivity contribution >= 4 is 45.8 Å². The summed E-state index contributed by atoms with van der Waals surface area (Å²) in [4.78, 5) is 4.36. The highest BCUT2D eigenvalue weighted by molar-refractivity contribution is 6.66. The molecular formula is C14H16Cl3N3O3. The van der Waals surface area contributed by atoms with Gasteiger partial charge in [0.05, 0.1) is 11.0 Å². The van der Waals surface area contributed by atoms with Crippen LogP contribution in [0.1, 0.15) is 12.7 Å². The quantitative estimate of drug-likeness (QED) is 0.491. The van der Waals surface area contributed by atoms with Crippen LogP contribution in [0.25, 0.3) is 11.0 Å². The molecule has 2 aromatic rings. The number of aromatic nitrogens is 2. The van der Waals surface area contributed by atoms with Gasteiger partial charge in [0.15, 0.2) is 11.5 Å². The van der Waals surface area contributed by atoms with Crippen LogP contribution in [-0.2, 0) is 20.3 Å². The van der Waals surface area contributed by atoms with Crippen molar-refractivity contribution in [1.82, 2.24) is 14.9 Å². The molecule has 1 aromatic carbocycles. The predicted octanol–water partition coefficient (Wildman–Crippen LogP) is 3.04. The number of epoxide rings is 1. The molecule has 2 atom stereocenters. The van der Waals surface area contributed by atoms with Gasteiger partial charge in [0, 0.05) is 20.2 Å². The fourth-order valence-electron chi connectivity index (χ4n) is 2.37. The molecule has 1 aliphatic rings. The van der Waals surface area contributed by atoms with Crippen LogP contribution >= 0.6 is 34.8 Å². The van der Waals surface area contributed by atoms with E-state index >= 15 is 0 Å². The molecule has 1 aliphatic heterocycles. The SMILES string of the molecule is COC1OC1(C)NCOc1ccc2c(c1)nc(C(Cl)(Cl)Cl)n2C. The van der Waals surface area contributed by atoms with Crippen molar-refractivity contribution < 1.29 is 14.2 Å². The maximum atomic E-state index is 5.92. The number of ether oxygens (including phenoxy) is 3. The van der Waals surface area contributed by atoms with E-state index in [1.807, 2.05) is 19.1 Å². The van der Waals surface area contributed by atoms with Crippen molar-refractivity contribution in [3.8, 4) is 5.75 Å². The average Bonchev–Trinajstić information content (AvgIpc) is 3.01. The molecule has 2 heterocycles. The van der Waals surface area contributed by atoms with Gasteiger partial charge >= 0.3 is 0 Å². The van der Waals surface area contributed by atoms with E-state index in [1.165, 1.54) is 0 Å². The highest BCUT2D eigenvalue weighted by Gasteiger charge is 2.53. The lowest BCUT2D eigenvalue weighted by Gasteiger charge is -2.11. The van der Waals surface area contributed by atoms with Crippen LogP contribution in [0.5, 0.6) is 5.75 Å². The molecular weight excluding hydrogens is 365 g/mol. The molecule has 0 spiro atoms. The maximum absolute atomic E-state index is 5.92. The highest BCUT2D eigenvalue weighted by Crippen LogP contribution is 2.39. The number of aryl methyl sites for hydroxylation is 1. The topological polar surface area (TPSA) is 60.8 Å². The van der Waals surface area contributed by atoms with E-state index in [9.17, 15) is 0 Å². The second-order valence-corrected chi connectivity index (χ2v) is 7.68. The van der Waals surface area contributed by atoms with Crippen molar-refractivity contribution in [2.75, 3.05) is 13.8 Å². The fraction of sp³-hybridized carbons (Fsp3) is 0.500. The standard InChI is InChI=1S/C14H16Cl3N3O3/c1-13(12(21-3)23-13)18-7-22-8-4-5-10-9(6-8)19-11(20(10)2)14(15,16)17/h4-6,12,18H,7H2,1-3H3. The Morgan fingerprint density at radius 1 is 1.43 bits per heavy atom. The first-order valence-corrected chi connectivity index (χ1v) is 8.00. The number of nitrogens with one attached hydrogen (secondary N) is 1. The third kappa shape index (κ3) is 3.38. The molecule has 126 valence electrons. The van der Waals surface area contributed by atoms with Gasteiger partial charge in [-0.2, -0.15) is 0 Å². The van der Waals surface area contributed by atoms with Crippen LogP contribution in [0, 0.1) is 0 Å². The first-order chi connectivity index (χ1) is 10.7. The summed E-state index contributed by atoms with van der Waals surface area (Å²) in [6.07, 6.45) is -0.254. The molecule has 1 fully saturated rings. The van der Waals surface area contributed by atoms with Crippen molar-refractivity contribution in [3.05, 3.63) is 24.0 Å². The average molecular weight is 381 g/mol. The second kappa shape index (κ2) is 5.95. The molecule has 0 amide bonds. The van der Waals surface area contributed by atoms with Gasteiger partial charge < -0.3 is 18.8 Å². The van der Waals surface area contributed by atoms with E-state index in [2.05, 4.69) is 10.3 Å². The summed E-state index contributed by atoms with van der Waals surface area (Å²) in [5, 5.41) is 3.11. The van der Waals surface area contributed by atoms with Gasteiger partial charge in [-0.1, -0.05) is 34.8 Å². The lowest BCUT2D eigenvalue weighted by molar-refractivity contribution is 0.0950. The largest absolute Gasteiger partial charge is 0.478 e. The van der Waals surface area contributed by atoms with Crippen LogP contribution in [0.3, 0.4) is 0 Å². The maximum Gasteiger partial charge on any atom is 0.248 e. The predicted molar refractivity (Wildman–Crippen MR) is 88.9 cm³/mol. The van der Waals surface area contributed by atoms with Crippen LogP contribution in [0.2, 0.25) is 0 Å². The van der Waals surface area contributed by atoms with Gasteiger partial charge in [-0.05, 0) is 19.1 Å². The summed E-state index contributed by atoms with van der Waals surface area (Å²) in [6, 6.07) is 5.49. The number of methoxy groups -OCH3 is 1. The molecule has 2 unspecified atom stereocenters. The van der Waals surface area contributed by atoms with Gasteiger partial charge in [0.1, 0.15) is 12.5 Å². The summed E-state index contributed by atoms with van der Waals surface area (Å²) < 4.78 is 16.3. The van der Waals surface area contributed by atoms with Crippen molar-refractivity contribution in [2.45, 2.75) is 22.7 Å². The molecule has 6 nitrogen and oxygen atoms in total. The Hall–Kier alpha value is -0.760. The Bertz CT molecular complexity index is 731. The van der Waals surface area contributed by atoms with E-state index < -0.39 is 9.52 Å². The summed E-state index contributed by atoms with van der Waals surface area (Å²) >= 11 is 17.8. The van der Waals surface area contributed by atoms with Gasteiger partial charge in [-0.3, -0.25) is 5.32 Å². The Kier molecular flexibility index (Phi) is 4.42. The monoisotopic (exact) mass is 379 g/mol. The summed E-state index contributed by atoms with van der Waals surface area (Å²) in [7, 11) is 3.39. The lowest BCUT2D eigenvalue weighted by atomic mass is 10.3. The molecule has 0 radical (unpaired) electrons. The zero-order valence-electron chi connectivity index (χ0n) is 12.8. The van der Waals surface area contributed by atoms with Crippen LogP contribution in [0.15, 0.2) is 18.2 Å². The van der Waals surface area contributed by atoms with E-state index in [4.69, 9.17) is 49.0 Å². The van der Waals surface area contributed by atoms with Crippen LogP contribution < -0.4 is 10.1 Å². The smallest absolute Gasteiger partial charge is 0.248 e. The van der Waals surface area contributed by atoms with E-state index in [0.717, 1.165) is 5.52 Å². The molecule has 23 heavy (non-hydrogen) atoms. The highest BCUT2D eigenvalue weighted by atomic mass is 35.6. The zero-order valence-corrected chi connectivity index (χ0v) is 15.0. The Labute approximate surface area is 148 Å². The summed E-state index contributed by atoms with van der Waals surface area (Å²) in [5.74, 6) is 1.01. The number of imidazole rings is 1. The van der Waals surface area contributed by atoms with Crippen molar-refractivity contribution in [3.63, 3.8) is 0 Å². The molecule has 0 saturated carbocycles. The minimum Gasteiger partial charge on any atom is -0.478 e. The minimum atomic E-state index is -1.58. The number of benzene rings is 1. The number of nitrogens with zero attached hydrogens (tertiary/aromatic N) is 2. The van der Waals surface area contributed by atoms with Gasteiger partial charge in [-0.15, -0.1) is 0 Å². The Morgan fingerprint density at radius 3 is 2.78 bits per heavy atom. The third-order valence-corrected chi connectivity index (χ3v) is 4.23. The Morgan fingerprint density at radius 2 is 2.17 bits per heavy atom. The van der Waals surface area contributed by atoms with Gasteiger partial charge in [0.2, 0.25) is 10.1 Å². The van der Waals surface area contributed by atoms with Crippen LogP contribution in [-0.4, -0.2) is 35.4 Å². The Balaban J connectivity index is 1.71. The number of fused-ring (bicyclic) bond motifs is 1. The molecule has 0 aliphatic carbocycles. The molecule has 9 heteroatoms. The normalized spacial score (nSPS) is 24.2. The van der Waals surface area contributed by atoms with Crippen molar-refractivity contribution in [1.29, 1.82) is 0 Å². The zero-order chi connectivity index (χ0) is 16.8. The van der Waals surface area contributed by atoms with Crippen molar-refractivity contribution in [2.24, 2.45) is 7.05 Å². The second-order valence-electron chi connectivity index (χ2n) is 5.40. The molecule has 1 N–H and O–H groups in total. The first-order valence-electron chi connectivity index (χ1n) is 6.87. The number of rotatable bonds is 5. The summed E-state index contributed by atoms with van der Waals surface area (Å²) in [6.45, 7) is 2.16. The molecule has 0 bridgehead atoms. The number of hydrogen-bond donors (Lipinski definition) is 1. The fourth-order valence-corrected chi connectivity index (χ4v) is 2.88.